The van der Waals surface area contributed by atoms with Crippen LogP contribution in [0.3, 0.4) is 0 Å². The zero-order chi connectivity index (χ0) is 20.8. The van der Waals surface area contributed by atoms with Crippen LogP contribution >= 0.6 is 11.3 Å². The number of allylic oxidation sites excluding steroid dienone is 2. The molecule has 30 heavy (non-hydrogen) atoms. The minimum Gasteiger partial charge on any atom is -0.481 e. The molecule has 3 aromatic rings. The number of nitrogens with one attached hydrogen (secondary N) is 2. The van der Waals surface area contributed by atoms with Crippen LogP contribution in [0.4, 0.5) is 21.0 Å². The van der Waals surface area contributed by atoms with Crippen LogP contribution in [0, 0.1) is 29.5 Å². The Balaban J connectivity index is 1.34. The van der Waals surface area contributed by atoms with Crippen molar-refractivity contribution in [3.8, 4) is 0 Å². The molecule has 4 unspecified atom stereocenters. The Bertz CT molecular complexity index is 1180. The molecule has 1 fully saturated rings. The third kappa shape index (κ3) is 3.30. The highest BCUT2D eigenvalue weighted by atomic mass is 32.1. The van der Waals surface area contributed by atoms with Crippen molar-refractivity contribution in [3.63, 3.8) is 0 Å². The summed E-state index contributed by atoms with van der Waals surface area (Å²) in [6.07, 6.45) is 5.71. The Labute approximate surface area is 174 Å². The highest BCUT2D eigenvalue weighted by Gasteiger charge is 2.51. The molecule has 2 aliphatic carbocycles. The molecule has 2 aliphatic rings. The molecule has 0 radical (unpaired) electrons. The Morgan fingerprint density at radius 3 is 2.67 bits per heavy atom. The lowest BCUT2D eigenvalue weighted by Gasteiger charge is -2.23. The van der Waals surface area contributed by atoms with Crippen LogP contribution in [0.25, 0.3) is 10.2 Å². The quantitative estimate of drug-likeness (QED) is 0.534. The van der Waals surface area contributed by atoms with E-state index in [0.717, 1.165) is 22.1 Å². The maximum Gasteiger partial charge on any atom is 0.307 e. The van der Waals surface area contributed by atoms with Crippen LogP contribution in [0.1, 0.15) is 6.42 Å². The van der Waals surface area contributed by atoms with E-state index in [1.165, 1.54) is 17.4 Å². The average Bonchev–Trinajstić information content (AvgIpc) is 3.43. The molecule has 2 bridgehead atoms. The number of rotatable bonds is 5. The van der Waals surface area contributed by atoms with Crippen LogP contribution in [0.5, 0.6) is 0 Å². The van der Waals surface area contributed by atoms with Gasteiger partial charge in [-0.1, -0.05) is 23.5 Å². The van der Waals surface area contributed by atoms with Crippen LogP contribution in [-0.2, 0) is 9.59 Å². The number of nitrogens with zero attached hydrogens (tertiary/aromatic N) is 2. The normalized spacial score (nSPS) is 24.3. The summed E-state index contributed by atoms with van der Waals surface area (Å²) in [5.41, 5.74) is 1.47. The molecule has 0 saturated heterocycles. The second kappa shape index (κ2) is 7.17. The van der Waals surface area contributed by atoms with Gasteiger partial charge in [0.15, 0.2) is 5.13 Å². The highest BCUT2D eigenvalue weighted by molar-refractivity contribution is 7.22. The molecule has 3 N–H and O–H groups in total. The van der Waals surface area contributed by atoms with Gasteiger partial charge in [-0.3, -0.25) is 9.59 Å². The summed E-state index contributed by atoms with van der Waals surface area (Å²) >= 11 is 1.31. The molecule has 7 nitrogen and oxygen atoms in total. The van der Waals surface area contributed by atoms with Gasteiger partial charge in [0, 0.05) is 5.69 Å². The van der Waals surface area contributed by atoms with Crippen molar-refractivity contribution in [2.24, 2.45) is 23.7 Å². The van der Waals surface area contributed by atoms with Gasteiger partial charge in [0.25, 0.3) is 0 Å². The molecule has 1 saturated carbocycles. The monoisotopic (exact) mass is 424 g/mol. The van der Waals surface area contributed by atoms with Crippen LogP contribution < -0.4 is 10.6 Å². The van der Waals surface area contributed by atoms with E-state index in [1.54, 1.807) is 6.07 Å². The zero-order valence-corrected chi connectivity index (χ0v) is 16.4. The number of aliphatic carboxylic acids is 1. The van der Waals surface area contributed by atoms with E-state index in [0.29, 0.717) is 17.4 Å². The molecule has 4 atom stereocenters. The molecule has 9 heteroatoms. The zero-order valence-electron chi connectivity index (χ0n) is 15.6. The largest absolute Gasteiger partial charge is 0.481 e. The minimum atomic E-state index is -0.929. The first-order chi connectivity index (χ1) is 14.5. The number of fused-ring (bicyclic) bond motifs is 3. The van der Waals surface area contributed by atoms with E-state index in [-0.39, 0.29) is 17.7 Å². The number of hydrogen-bond acceptors (Lipinski definition) is 6. The first-order valence-electron chi connectivity index (χ1n) is 9.49. The number of carboxylic acids is 1. The van der Waals surface area contributed by atoms with Gasteiger partial charge in [0.1, 0.15) is 11.6 Å². The number of halogens is 1. The number of pyridine rings is 1. The van der Waals surface area contributed by atoms with Crippen molar-refractivity contribution in [3.05, 3.63) is 54.5 Å². The molecular weight excluding hydrogens is 407 g/mol. The van der Waals surface area contributed by atoms with Crippen LogP contribution in [0.15, 0.2) is 48.7 Å². The number of benzene rings is 1. The van der Waals surface area contributed by atoms with Gasteiger partial charge in [-0.15, -0.1) is 0 Å². The fraction of sp³-hybridized carbons (Fsp3) is 0.238. The third-order valence-corrected chi connectivity index (χ3v) is 6.60. The van der Waals surface area contributed by atoms with Crippen molar-refractivity contribution in [1.82, 2.24) is 9.97 Å². The van der Waals surface area contributed by atoms with E-state index in [4.69, 9.17) is 0 Å². The van der Waals surface area contributed by atoms with Crippen molar-refractivity contribution in [2.75, 3.05) is 10.6 Å². The number of hydrogen-bond donors (Lipinski definition) is 3. The van der Waals surface area contributed by atoms with E-state index >= 15 is 0 Å². The molecule has 1 aromatic carbocycles. The summed E-state index contributed by atoms with van der Waals surface area (Å²) in [4.78, 5) is 32.9. The summed E-state index contributed by atoms with van der Waals surface area (Å²) in [5.74, 6) is -2.50. The first kappa shape index (κ1) is 18.7. The van der Waals surface area contributed by atoms with E-state index in [9.17, 15) is 19.1 Å². The maximum absolute atomic E-state index is 13.0. The molecule has 0 aliphatic heterocycles. The third-order valence-electron chi connectivity index (χ3n) is 5.67. The van der Waals surface area contributed by atoms with Crippen molar-refractivity contribution >= 4 is 50.1 Å². The lowest BCUT2D eigenvalue weighted by molar-refractivity contribution is -0.146. The molecular formula is C21H17FN4O3S. The standard InChI is InChI=1S/C21H17FN4O3S/c22-12-3-6-16(23-9-12)24-13-4-5-14-15(8-13)30-21(25-14)26-19(27)17-10-1-2-11(7-10)18(17)20(28)29/h1-6,8-11,17-18H,7H2,(H,23,24)(H,28,29)(H,25,26,27). The number of amides is 1. The lowest BCUT2D eigenvalue weighted by atomic mass is 9.82. The summed E-state index contributed by atoms with van der Waals surface area (Å²) in [5, 5.41) is 15.9. The van der Waals surface area contributed by atoms with E-state index in [1.807, 2.05) is 30.4 Å². The smallest absolute Gasteiger partial charge is 0.307 e. The Hall–Kier alpha value is -3.33. The fourth-order valence-corrected chi connectivity index (χ4v) is 5.27. The summed E-state index contributed by atoms with van der Waals surface area (Å²) < 4.78 is 13.9. The molecule has 2 aromatic heterocycles. The molecule has 0 spiro atoms. The van der Waals surface area contributed by atoms with Gasteiger partial charge in [-0.2, -0.15) is 0 Å². The van der Waals surface area contributed by atoms with Crippen molar-refractivity contribution in [1.29, 1.82) is 0 Å². The highest BCUT2D eigenvalue weighted by Crippen LogP contribution is 2.48. The predicted molar refractivity (Wildman–Crippen MR) is 111 cm³/mol. The average molecular weight is 424 g/mol. The summed E-state index contributed by atoms with van der Waals surface area (Å²) in [6.45, 7) is 0. The topological polar surface area (TPSA) is 104 Å². The van der Waals surface area contributed by atoms with Gasteiger partial charge < -0.3 is 15.7 Å². The van der Waals surface area contributed by atoms with Crippen molar-refractivity contribution < 1.29 is 19.1 Å². The minimum absolute atomic E-state index is 0.0375. The second-order valence-electron chi connectivity index (χ2n) is 7.52. The number of thiazole rings is 1. The van der Waals surface area contributed by atoms with Gasteiger partial charge in [-0.05, 0) is 48.6 Å². The van der Waals surface area contributed by atoms with Gasteiger partial charge in [0.2, 0.25) is 5.91 Å². The van der Waals surface area contributed by atoms with Crippen LogP contribution in [-0.4, -0.2) is 27.0 Å². The Morgan fingerprint density at radius 1 is 1.13 bits per heavy atom. The first-order valence-corrected chi connectivity index (χ1v) is 10.3. The Morgan fingerprint density at radius 2 is 1.93 bits per heavy atom. The van der Waals surface area contributed by atoms with E-state index < -0.39 is 23.6 Å². The van der Waals surface area contributed by atoms with Crippen LogP contribution in [0.2, 0.25) is 0 Å². The molecule has 152 valence electrons. The lowest BCUT2D eigenvalue weighted by Crippen LogP contribution is -2.36. The summed E-state index contributed by atoms with van der Waals surface area (Å²) in [6, 6.07) is 8.37. The number of anilines is 3. The number of carbonyl (C=O) groups is 2. The predicted octanol–water partition coefficient (Wildman–Crippen LogP) is 4.04. The number of aromatic nitrogens is 2. The van der Waals surface area contributed by atoms with Gasteiger partial charge in [-0.25, -0.2) is 14.4 Å². The molecule has 5 rings (SSSR count). The van der Waals surface area contributed by atoms with E-state index in [2.05, 4.69) is 20.6 Å². The fourth-order valence-electron chi connectivity index (χ4n) is 4.36. The SMILES string of the molecule is O=C(O)C1C2C=CC(C2)C1C(=O)Nc1nc2ccc(Nc3ccc(F)cn3)cc2s1. The Kier molecular flexibility index (Phi) is 4.47. The second-order valence-corrected chi connectivity index (χ2v) is 8.55. The molecule has 1 amide bonds. The van der Waals surface area contributed by atoms with Gasteiger partial charge in [0.05, 0.1) is 28.2 Å². The van der Waals surface area contributed by atoms with Gasteiger partial charge >= 0.3 is 5.97 Å². The number of carboxylic acid groups (broad SMARTS) is 1. The summed E-state index contributed by atoms with van der Waals surface area (Å²) in [7, 11) is 0. The maximum atomic E-state index is 13.0. The van der Waals surface area contributed by atoms with Crippen molar-refractivity contribution in [2.45, 2.75) is 6.42 Å². The number of carbonyl (C=O) groups excluding carboxylic acids is 1. The molecule has 2 heterocycles.